The maximum atomic E-state index is 12.2. The molecule has 3 amide bonds. The summed E-state index contributed by atoms with van der Waals surface area (Å²) in [6, 6.07) is 10.1. The SMILES string of the molecule is CN(CCn1ccc2ccccc21)C(=O)NCCN1CCCOC1=O. The molecule has 1 aromatic carbocycles. The standard InChI is InChI=1S/C18H24N4O3/c1-20(12-13-21-10-7-15-5-2-3-6-16(15)21)17(23)19-8-11-22-9-4-14-25-18(22)24/h2-3,5-7,10H,4,8-9,11-14H2,1H3,(H,19,23). The summed E-state index contributed by atoms with van der Waals surface area (Å²) >= 11 is 0. The Kier molecular flexibility index (Phi) is 5.42. The third-order valence-electron chi connectivity index (χ3n) is 4.42. The van der Waals surface area contributed by atoms with E-state index in [0.717, 1.165) is 13.0 Å². The molecule has 1 N–H and O–H groups in total. The van der Waals surface area contributed by atoms with Crippen molar-refractivity contribution < 1.29 is 14.3 Å². The van der Waals surface area contributed by atoms with Crippen molar-refractivity contribution in [2.24, 2.45) is 0 Å². The largest absolute Gasteiger partial charge is 0.449 e. The molecule has 7 heteroatoms. The number of amides is 3. The quantitative estimate of drug-likeness (QED) is 0.873. The summed E-state index contributed by atoms with van der Waals surface area (Å²) in [5.41, 5.74) is 1.17. The van der Waals surface area contributed by atoms with Gasteiger partial charge in [0.2, 0.25) is 0 Å². The van der Waals surface area contributed by atoms with Crippen molar-refractivity contribution in [1.29, 1.82) is 0 Å². The zero-order valence-electron chi connectivity index (χ0n) is 14.5. The molecule has 0 unspecified atom stereocenters. The zero-order chi connectivity index (χ0) is 17.6. The Hall–Kier alpha value is -2.70. The van der Waals surface area contributed by atoms with E-state index in [1.165, 1.54) is 10.9 Å². The van der Waals surface area contributed by atoms with E-state index in [1.54, 1.807) is 16.8 Å². The Labute approximate surface area is 147 Å². The van der Waals surface area contributed by atoms with Gasteiger partial charge in [0.25, 0.3) is 0 Å². The van der Waals surface area contributed by atoms with Crippen molar-refractivity contribution in [3.63, 3.8) is 0 Å². The highest BCUT2D eigenvalue weighted by molar-refractivity contribution is 5.80. The molecule has 0 radical (unpaired) electrons. The van der Waals surface area contributed by atoms with Crippen LogP contribution in [0.5, 0.6) is 0 Å². The minimum Gasteiger partial charge on any atom is -0.449 e. The number of ether oxygens (including phenoxy) is 1. The lowest BCUT2D eigenvalue weighted by Gasteiger charge is -2.26. The number of rotatable bonds is 6. The van der Waals surface area contributed by atoms with E-state index < -0.39 is 0 Å². The molecule has 134 valence electrons. The van der Waals surface area contributed by atoms with Gasteiger partial charge in [0.15, 0.2) is 0 Å². The lowest BCUT2D eigenvalue weighted by atomic mass is 10.2. The zero-order valence-corrected chi connectivity index (χ0v) is 14.5. The van der Waals surface area contributed by atoms with E-state index in [9.17, 15) is 9.59 Å². The van der Waals surface area contributed by atoms with Gasteiger partial charge in [-0.3, -0.25) is 0 Å². The van der Waals surface area contributed by atoms with Gasteiger partial charge in [0.05, 0.1) is 6.61 Å². The summed E-state index contributed by atoms with van der Waals surface area (Å²) in [5, 5.41) is 4.04. The molecule has 25 heavy (non-hydrogen) atoms. The van der Waals surface area contributed by atoms with Gasteiger partial charge in [0.1, 0.15) is 0 Å². The smallest absolute Gasteiger partial charge is 0.409 e. The van der Waals surface area contributed by atoms with Crippen molar-refractivity contribution in [3.05, 3.63) is 36.5 Å². The Balaban J connectivity index is 1.42. The van der Waals surface area contributed by atoms with Crippen molar-refractivity contribution in [1.82, 2.24) is 19.7 Å². The van der Waals surface area contributed by atoms with Crippen molar-refractivity contribution >= 4 is 23.0 Å². The first-order valence-electron chi connectivity index (χ1n) is 8.60. The summed E-state index contributed by atoms with van der Waals surface area (Å²) in [5.74, 6) is 0. The van der Waals surface area contributed by atoms with Gasteiger partial charge in [-0.2, -0.15) is 0 Å². The molecule has 0 aliphatic carbocycles. The maximum Gasteiger partial charge on any atom is 0.409 e. The van der Waals surface area contributed by atoms with Crippen LogP contribution in [0.3, 0.4) is 0 Å². The van der Waals surface area contributed by atoms with Crippen LogP contribution in [0.25, 0.3) is 10.9 Å². The van der Waals surface area contributed by atoms with E-state index in [1.807, 2.05) is 18.3 Å². The van der Waals surface area contributed by atoms with Crippen LogP contribution < -0.4 is 5.32 Å². The lowest BCUT2D eigenvalue weighted by molar-refractivity contribution is 0.0733. The summed E-state index contributed by atoms with van der Waals surface area (Å²) < 4.78 is 7.11. The molecule has 0 saturated carbocycles. The molecule has 7 nitrogen and oxygen atoms in total. The molecule has 1 aliphatic heterocycles. The van der Waals surface area contributed by atoms with Crippen LogP contribution in [0.1, 0.15) is 6.42 Å². The van der Waals surface area contributed by atoms with E-state index in [0.29, 0.717) is 32.8 Å². The molecular formula is C18H24N4O3. The third kappa shape index (κ3) is 4.23. The number of carbonyl (C=O) groups excluding carboxylic acids is 2. The highest BCUT2D eigenvalue weighted by atomic mass is 16.6. The number of likely N-dealkylation sites (N-methyl/N-ethyl adjacent to an activating group) is 1. The van der Waals surface area contributed by atoms with Gasteiger partial charge in [-0.15, -0.1) is 0 Å². The number of hydrogen-bond acceptors (Lipinski definition) is 3. The average Bonchev–Trinajstić information content (AvgIpc) is 3.04. The predicted molar refractivity (Wildman–Crippen MR) is 95.5 cm³/mol. The topological polar surface area (TPSA) is 66.8 Å². The highest BCUT2D eigenvalue weighted by Crippen LogP contribution is 2.14. The first-order chi connectivity index (χ1) is 12.1. The van der Waals surface area contributed by atoms with Crippen LogP contribution in [0, 0.1) is 0 Å². The number of nitrogens with one attached hydrogen (secondary N) is 1. The summed E-state index contributed by atoms with van der Waals surface area (Å²) in [4.78, 5) is 27.0. The first kappa shape index (κ1) is 17.1. The van der Waals surface area contributed by atoms with Gasteiger partial charge in [-0.1, -0.05) is 18.2 Å². The summed E-state index contributed by atoms with van der Waals surface area (Å²) in [7, 11) is 1.77. The highest BCUT2D eigenvalue weighted by Gasteiger charge is 2.19. The Bertz CT molecular complexity index is 743. The van der Waals surface area contributed by atoms with Gasteiger partial charge in [-0.05, 0) is 23.9 Å². The number of urea groups is 1. The van der Waals surface area contributed by atoms with Gasteiger partial charge < -0.3 is 24.4 Å². The van der Waals surface area contributed by atoms with E-state index in [-0.39, 0.29) is 12.1 Å². The van der Waals surface area contributed by atoms with Crippen LogP contribution in [0.4, 0.5) is 9.59 Å². The van der Waals surface area contributed by atoms with E-state index in [4.69, 9.17) is 4.74 Å². The van der Waals surface area contributed by atoms with Crippen LogP contribution in [-0.2, 0) is 11.3 Å². The molecule has 0 spiro atoms. The van der Waals surface area contributed by atoms with E-state index >= 15 is 0 Å². The molecule has 1 fully saturated rings. The third-order valence-corrected chi connectivity index (χ3v) is 4.42. The fourth-order valence-electron chi connectivity index (χ4n) is 2.93. The van der Waals surface area contributed by atoms with Gasteiger partial charge in [0, 0.05) is 51.5 Å². The number of para-hydroxylation sites is 1. The summed E-state index contributed by atoms with van der Waals surface area (Å²) in [6.45, 7) is 3.40. The second-order valence-electron chi connectivity index (χ2n) is 6.18. The molecule has 0 atom stereocenters. The first-order valence-corrected chi connectivity index (χ1v) is 8.60. The Morgan fingerprint density at radius 1 is 1.28 bits per heavy atom. The normalized spacial score (nSPS) is 14.4. The number of aromatic nitrogens is 1. The molecule has 1 aromatic heterocycles. The number of benzene rings is 1. The molecule has 1 saturated heterocycles. The monoisotopic (exact) mass is 344 g/mol. The van der Waals surface area contributed by atoms with Crippen molar-refractivity contribution in [3.8, 4) is 0 Å². The second-order valence-corrected chi connectivity index (χ2v) is 6.18. The predicted octanol–water partition coefficient (Wildman–Crippen LogP) is 2.12. The van der Waals surface area contributed by atoms with Crippen LogP contribution in [0.15, 0.2) is 36.5 Å². The second kappa shape index (κ2) is 7.92. The number of carbonyl (C=O) groups is 2. The van der Waals surface area contributed by atoms with Crippen LogP contribution in [-0.4, -0.2) is 66.3 Å². The number of fused-ring (bicyclic) bond motifs is 1. The molecule has 2 heterocycles. The lowest BCUT2D eigenvalue weighted by Crippen LogP contribution is -2.45. The number of nitrogens with zero attached hydrogens (tertiary/aromatic N) is 3. The Morgan fingerprint density at radius 3 is 2.96 bits per heavy atom. The minimum absolute atomic E-state index is 0.137. The van der Waals surface area contributed by atoms with Gasteiger partial charge in [-0.25, -0.2) is 9.59 Å². The number of hydrogen-bond donors (Lipinski definition) is 1. The van der Waals surface area contributed by atoms with Crippen molar-refractivity contribution in [2.75, 3.05) is 39.8 Å². The average molecular weight is 344 g/mol. The fourth-order valence-corrected chi connectivity index (χ4v) is 2.93. The summed E-state index contributed by atoms with van der Waals surface area (Å²) in [6.07, 6.45) is 2.58. The molecule has 2 aromatic rings. The molecule has 0 bridgehead atoms. The van der Waals surface area contributed by atoms with E-state index in [2.05, 4.69) is 28.1 Å². The van der Waals surface area contributed by atoms with Gasteiger partial charge >= 0.3 is 12.1 Å². The molecular weight excluding hydrogens is 320 g/mol. The van der Waals surface area contributed by atoms with Crippen molar-refractivity contribution in [2.45, 2.75) is 13.0 Å². The van der Waals surface area contributed by atoms with Crippen LogP contribution >= 0.6 is 0 Å². The molecule has 3 rings (SSSR count). The number of cyclic esters (lactones) is 1. The molecule has 1 aliphatic rings. The maximum absolute atomic E-state index is 12.2. The Morgan fingerprint density at radius 2 is 2.12 bits per heavy atom. The fraction of sp³-hybridized carbons (Fsp3) is 0.444. The minimum atomic E-state index is -0.298. The van der Waals surface area contributed by atoms with Crippen LogP contribution in [0.2, 0.25) is 0 Å².